The Kier molecular flexibility index (Phi) is 4.08. The molecule has 1 aromatic rings. The SMILES string of the molecule is Cc1cc(=O)c(C(=O)N2CCOC(C(F)(F)F)C2)c(C)[nH]1. The zero-order valence-electron chi connectivity index (χ0n) is 11.6. The van der Waals surface area contributed by atoms with Crippen molar-refractivity contribution < 1.29 is 22.7 Å². The minimum absolute atomic E-state index is 0.0260. The van der Waals surface area contributed by atoms with Crippen LogP contribution in [0.4, 0.5) is 13.2 Å². The maximum absolute atomic E-state index is 12.7. The number of pyridine rings is 1. The zero-order chi connectivity index (χ0) is 15.8. The number of carbonyl (C=O) groups excluding carboxylic acids is 1. The van der Waals surface area contributed by atoms with Crippen molar-refractivity contribution in [3.8, 4) is 0 Å². The minimum atomic E-state index is -4.53. The van der Waals surface area contributed by atoms with Gasteiger partial charge >= 0.3 is 6.18 Å². The molecule has 8 heteroatoms. The predicted octanol–water partition coefficient (Wildman–Crippen LogP) is 1.40. The van der Waals surface area contributed by atoms with Crippen LogP contribution in [0.2, 0.25) is 0 Å². The first-order chi connectivity index (χ1) is 9.70. The second kappa shape index (κ2) is 5.51. The van der Waals surface area contributed by atoms with Crippen molar-refractivity contribution in [2.24, 2.45) is 0 Å². The molecule has 21 heavy (non-hydrogen) atoms. The molecule has 1 saturated heterocycles. The number of aryl methyl sites for hydroxylation is 2. The predicted molar refractivity (Wildman–Crippen MR) is 68.2 cm³/mol. The third-order valence-corrected chi connectivity index (χ3v) is 3.29. The zero-order valence-corrected chi connectivity index (χ0v) is 11.6. The van der Waals surface area contributed by atoms with Crippen molar-refractivity contribution in [2.75, 3.05) is 19.7 Å². The molecular formula is C13H15F3N2O3. The first-order valence-corrected chi connectivity index (χ1v) is 6.38. The Morgan fingerprint density at radius 2 is 2.10 bits per heavy atom. The van der Waals surface area contributed by atoms with Crippen molar-refractivity contribution in [3.05, 3.63) is 33.2 Å². The number of carbonyl (C=O) groups is 1. The number of nitrogens with one attached hydrogen (secondary N) is 1. The largest absolute Gasteiger partial charge is 0.416 e. The van der Waals surface area contributed by atoms with E-state index in [1.54, 1.807) is 13.8 Å². The first-order valence-electron chi connectivity index (χ1n) is 6.38. The standard InChI is InChI=1S/C13H15F3N2O3/c1-7-5-9(19)11(8(2)17-7)12(20)18-3-4-21-10(6-18)13(14,15)16/h5,10H,3-4,6H2,1-2H3,(H,17,19). The number of halogens is 3. The quantitative estimate of drug-likeness (QED) is 0.853. The smallest absolute Gasteiger partial charge is 0.365 e. The van der Waals surface area contributed by atoms with Gasteiger partial charge in [-0.3, -0.25) is 9.59 Å². The monoisotopic (exact) mass is 304 g/mol. The van der Waals surface area contributed by atoms with Crippen LogP contribution in [0, 0.1) is 13.8 Å². The number of rotatable bonds is 1. The Morgan fingerprint density at radius 1 is 1.43 bits per heavy atom. The highest BCUT2D eigenvalue weighted by molar-refractivity contribution is 5.95. The summed E-state index contributed by atoms with van der Waals surface area (Å²) in [6.45, 7) is 2.42. The highest BCUT2D eigenvalue weighted by Gasteiger charge is 2.44. The number of amides is 1. The maximum atomic E-state index is 12.7. The minimum Gasteiger partial charge on any atom is -0.365 e. The molecule has 1 unspecified atom stereocenters. The molecule has 1 aromatic heterocycles. The van der Waals surface area contributed by atoms with Crippen LogP contribution < -0.4 is 5.43 Å². The Morgan fingerprint density at radius 3 is 2.67 bits per heavy atom. The fourth-order valence-corrected chi connectivity index (χ4v) is 2.30. The third kappa shape index (κ3) is 3.26. The van der Waals surface area contributed by atoms with Crippen molar-refractivity contribution in [2.45, 2.75) is 26.1 Å². The number of aromatic amines is 1. The Hall–Kier alpha value is -1.83. The van der Waals surface area contributed by atoms with Crippen LogP contribution in [0.15, 0.2) is 10.9 Å². The van der Waals surface area contributed by atoms with Crippen LogP contribution in [-0.2, 0) is 4.74 Å². The Bertz CT molecular complexity index is 610. The fraction of sp³-hybridized carbons (Fsp3) is 0.538. The topological polar surface area (TPSA) is 62.4 Å². The second-order valence-corrected chi connectivity index (χ2v) is 4.97. The molecule has 1 aliphatic heterocycles. The molecular weight excluding hydrogens is 289 g/mol. The van der Waals surface area contributed by atoms with Gasteiger partial charge in [-0.1, -0.05) is 0 Å². The molecule has 2 rings (SSSR count). The van der Waals surface area contributed by atoms with Gasteiger partial charge in [-0.15, -0.1) is 0 Å². The number of alkyl halides is 3. The summed E-state index contributed by atoms with van der Waals surface area (Å²) in [6, 6.07) is 1.25. The van der Waals surface area contributed by atoms with Crippen LogP contribution >= 0.6 is 0 Å². The van der Waals surface area contributed by atoms with E-state index in [9.17, 15) is 22.8 Å². The van der Waals surface area contributed by atoms with E-state index in [2.05, 4.69) is 9.72 Å². The van der Waals surface area contributed by atoms with E-state index in [0.29, 0.717) is 11.4 Å². The average Bonchev–Trinajstić information content (AvgIpc) is 2.36. The normalized spacial score (nSPS) is 19.7. The Balaban J connectivity index is 2.27. The van der Waals surface area contributed by atoms with Crippen LogP contribution in [0.3, 0.4) is 0 Å². The molecule has 1 fully saturated rings. The molecule has 0 aliphatic carbocycles. The van der Waals surface area contributed by atoms with E-state index in [1.165, 1.54) is 6.07 Å². The van der Waals surface area contributed by atoms with E-state index in [4.69, 9.17) is 0 Å². The number of ether oxygens (including phenoxy) is 1. The summed E-state index contributed by atoms with van der Waals surface area (Å²) in [5.74, 6) is -0.702. The lowest BCUT2D eigenvalue weighted by Gasteiger charge is -2.33. The second-order valence-electron chi connectivity index (χ2n) is 4.97. The highest BCUT2D eigenvalue weighted by Crippen LogP contribution is 2.26. The lowest BCUT2D eigenvalue weighted by molar-refractivity contribution is -0.233. The molecule has 0 saturated carbocycles. The van der Waals surface area contributed by atoms with Crippen molar-refractivity contribution in [1.29, 1.82) is 0 Å². The number of hydrogen-bond acceptors (Lipinski definition) is 3. The number of nitrogens with zero attached hydrogens (tertiary/aromatic N) is 1. The first kappa shape index (κ1) is 15.6. The van der Waals surface area contributed by atoms with E-state index < -0.39 is 30.2 Å². The summed E-state index contributed by atoms with van der Waals surface area (Å²) >= 11 is 0. The lowest BCUT2D eigenvalue weighted by Crippen LogP contribution is -2.51. The molecule has 5 nitrogen and oxygen atoms in total. The molecule has 1 atom stereocenters. The van der Waals surface area contributed by atoms with Crippen molar-refractivity contribution in [3.63, 3.8) is 0 Å². The van der Waals surface area contributed by atoms with Crippen LogP contribution in [0.1, 0.15) is 21.7 Å². The van der Waals surface area contributed by atoms with Crippen LogP contribution in [0.5, 0.6) is 0 Å². The van der Waals surface area contributed by atoms with Crippen molar-refractivity contribution >= 4 is 5.91 Å². The third-order valence-electron chi connectivity index (χ3n) is 3.29. The van der Waals surface area contributed by atoms with Gasteiger partial charge in [-0.2, -0.15) is 13.2 Å². The van der Waals surface area contributed by atoms with Gasteiger partial charge in [-0.25, -0.2) is 0 Å². The number of aromatic nitrogens is 1. The van der Waals surface area contributed by atoms with Gasteiger partial charge < -0.3 is 14.6 Å². The summed E-state index contributed by atoms with van der Waals surface area (Å²) in [5.41, 5.74) is 0.316. The van der Waals surface area contributed by atoms with E-state index in [1.807, 2.05) is 0 Å². The number of hydrogen-bond donors (Lipinski definition) is 1. The summed E-state index contributed by atoms with van der Waals surface area (Å²) < 4.78 is 42.6. The molecule has 116 valence electrons. The molecule has 1 amide bonds. The van der Waals surface area contributed by atoms with E-state index in [-0.39, 0.29) is 18.7 Å². The number of H-pyrrole nitrogens is 1. The van der Waals surface area contributed by atoms with E-state index >= 15 is 0 Å². The molecule has 0 aromatic carbocycles. The molecule has 1 aliphatic rings. The summed E-state index contributed by atoms with van der Waals surface area (Å²) in [6.07, 6.45) is -6.55. The highest BCUT2D eigenvalue weighted by atomic mass is 19.4. The van der Waals surface area contributed by atoms with Gasteiger partial charge in [0.15, 0.2) is 11.5 Å². The van der Waals surface area contributed by atoms with Gasteiger partial charge in [0.2, 0.25) is 0 Å². The van der Waals surface area contributed by atoms with Crippen LogP contribution in [0.25, 0.3) is 0 Å². The van der Waals surface area contributed by atoms with Crippen molar-refractivity contribution in [1.82, 2.24) is 9.88 Å². The fourth-order valence-electron chi connectivity index (χ4n) is 2.30. The van der Waals surface area contributed by atoms with Gasteiger partial charge in [0, 0.05) is 24.0 Å². The average molecular weight is 304 g/mol. The Labute approximate surface area is 118 Å². The summed E-state index contributed by atoms with van der Waals surface area (Å²) in [7, 11) is 0. The molecule has 1 N–H and O–H groups in total. The number of morpholine rings is 1. The lowest BCUT2D eigenvalue weighted by atomic mass is 10.1. The summed E-state index contributed by atoms with van der Waals surface area (Å²) in [5, 5.41) is 0. The molecule has 2 heterocycles. The van der Waals surface area contributed by atoms with Gasteiger partial charge in [0.25, 0.3) is 5.91 Å². The van der Waals surface area contributed by atoms with E-state index in [0.717, 1.165) is 4.90 Å². The maximum Gasteiger partial charge on any atom is 0.416 e. The van der Waals surface area contributed by atoms with Gasteiger partial charge in [0.1, 0.15) is 5.56 Å². The molecule has 0 bridgehead atoms. The van der Waals surface area contributed by atoms with Gasteiger partial charge in [-0.05, 0) is 13.8 Å². The van der Waals surface area contributed by atoms with Crippen LogP contribution in [-0.4, -0.2) is 47.8 Å². The molecule has 0 spiro atoms. The summed E-state index contributed by atoms with van der Waals surface area (Å²) in [4.78, 5) is 28.1. The van der Waals surface area contributed by atoms with Gasteiger partial charge in [0.05, 0.1) is 13.2 Å². The molecule has 0 radical (unpaired) electrons.